The zero-order valence-electron chi connectivity index (χ0n) is 12.2. The molecule has 1 saturated heterocycles. The number of hydrogen-bond acceptors (Lipinski definition) is 3. The highest BCUT2D eigenvalue weighted by molar-refractivity contribution is 5.02. The van der Waals surface area contributed by atoms with Gasteiger partial charge in [-0.15, -0.1) is 0 Å². The summed E-state index contributed by atoms with van der Waals surface area (Å²) in [6.45, 7) is 8.54. The van der Waals surface area contributed by atoms with Crippen molar-refractivity contribution in [3.63, 3.8) is 0 Å². The standard InChI is InChI=1S/C15H29NO2/c1-4-8-16-11-15(12(2)10-17-3)7-9-18-14(15)13-5-6-13/h12-14,16H,4-11H2,1-3H3. The van der Waals surface area contributed by atoms with Crippen molar-refractivity contribution in [2.75, 3.05) is 33.4 Å². The lowest BCUT2D eigenvalue weighted by atomic mass is 9.69. The van der Waals surface area contributed by atoms with Gasteiger partial charge in [0, 0.05) is 32.3 Å². The van der Waals surface area contributed by atoms with E-state index in [-0.39, 0.29) is 0 Å². The monoisotopic (exact) mass is 255 g/mol. The summed E-state index contributed by atoms with van der Waals surface area (Å²) in [5, 5.41) is 3.63. The second-order valence-electron chi connectivity index (χ2n) is 6.15. The first-order valence-electron chi connectivity index (χ1n) is 7.56. The van der Waals surface area contributed by atoms with Crippen LogP contribution in [-0.2, 0) is 9.47 Å². The topological polar surface area (TPSA) is 30.5 Å². The van der Waals surface area contributed by atoms with E-state index in [0.717, 1.165) is 32.2 Å². The maximum atomic E-state index is 6.10. The van der Waals surface area contributed by atoms with Crippen molar-refractivity contribution in [1.29, 1.82) is 0 Å². The zero-order valence-corrected chi connectivity index (χ0v) is 12.2. The molecule has 2 rings (SSSR count). The average molecular weight is 255 g/mol. The molecule has 18 heavy (non-hydrogen) atoms. The lowest BCUT2D eigenvalue weighted by Crippen LogP contribution is -2.48. The zero-order chi connectivity index (χ0) is 13.0. The van der Waals surface area contributed by atoms with Gasteiger partial charge in [0.2, 0.25) is 0 Å². The van der Waals surface area contributed by atoms with Crippen molar-refractivity contribution >= 4 is 0 Å². The quantitative estimate of drug-likeness (QED) is 0.676. The van der Waals surface area contributed by atoms with E-state index in [9.17, 15) is 0 Å². The van der Waals surface area contributed by atoms with Gasteiger partial charge in [0.15, 0.2) is 0 Å². The maximum Gasteiger partial charge on any atom is 0.0675 e. The third-order valence-corrected chi connectivity index (χ3v) is 4.76. The summed E-state index contributed by atoms with van der Waals surface area (Å²) in [4.78, 5) is 0. The van der Waals surface area contributed by atoms with Crippen LogP contribution >= 0.6 is 0 Å². The number of nitrogens with one attached hydrogen (secondary N) is 1. The number of hydrogen-bond donors (Lipinski definition) is 1. The van der Waals surface area contributed by atoms with Crippen molar-refractivity contribution in [3.8, 4) is 0 Å². The van der Waals surface area contributed by atoms with Gasteiger partial charge in [-0.2, -0.15) is 0 Å². The Hall–Kier alpha value is -0.120. The summed E-state index contributed by atoms with van der Waals surface area (Å²) >= 11 is 0. The fourth-order valence-electron chi connectivity index (χ4n) is 3.49. The Morgan fingerprint density at radius 3 is 2.83 bits per heavy atom. The fraction of sp³-hybridized carbons (Fsp3) is 1.00. The normalized spacial score (nSPS) is 33.8. The molecule has 1 aliphatic carbocycles. The van der Waals surface area contributed by atoms with Gasteiger partial charge in [-0.25, -0.2) is 0 Å². The molecule has 1 heterocycles. The van der Waals surface area contributed by atoms with Crippen LogP contribution in [0.1, 0.15) is 39.5 Å². The molecule has 1 aliphatic heterocycles. The van der Waals surface area contributed by atoms with Crippen LogP contribution in [0.2, 0.25) is 0 Å². The summed E-state index contributed by atoms with van der Waals surface area (Å²) in [6.07, 6.45) is 5.57. The Bertz CT molecular complexity index is 255. The SMILES string of the molecule is CCCNCC1(C(C)COC)CCOC1C1CC1. The van der Waals surface area contributed by atoms with E-state index in [1.54, 1.807) is 0 Å². The Kier molecular flexibility index (Phi) is 5.05. The number of methoxy groups -OCH3 is 1. The molecule has 3 nitrogen and oxygen atoms in total. The third-order valence-electron chi connectivity index (χ3n) is 4.76. The Balaban J connectivity index is 2.04. The molecule has 3 atom stereocenters. The first-order valence-corrected chi connectivity index (χ1v) is 7.56. The number of rotatable bonds is 8. The molecule has 2 aliphatic rings. The first kappa shape index (κ1) is 14.3. The molecular weight excluding hydrogens is 226 g/mol. The Morgan fingerprint density at radius 1 is 1.44 bits per heavy atom. The molecular formula is C15H29NO2. The van der Waals surface area contributed by atoms with Gasteiger partial charge < -0.3 is 14.8 Å². The minimum absolute atomic E-state index is 0.298. The first-order chi connectivity index (χ1) is 8.74. The highest BCUT2D eigenvalue weighted by Gasteiger charge is 2.53. The van der Waals surface area contributed by atoms with Crippen LogP contribution in [0.25, 0.3) is 0 Å². The second kappa shape index (κ2) is 6.36. The van der Waals surface area contributed by atoms with E-state index < -0.39 is 0 Å². The lowest BCUT2D eigenvalue weighted by Gasteiger charge is -2.40. The minimum atomic E-state index is 0.298. The van der Waals surface area contributed by atoms with Gasteiger partial charge in [-0.1, -0.05) is 13.8 Å². The summed E-state index contributed by atoms with van der Waals surface area (Å²) in [5.41, 5.74) is 0.298. The Morgan fingerprint density at radius 2 is 2.22 bits per heavy atom. The van der Waals surface area contributed by atoms with Crippen LogP contribution in [0, 0.1) is 17.3 Å². The van der Waals surface area contributed by atoms with E-state index in [0.29, 0.717) is 17.4 Å². The van der Waals surface area contributed by atoms with Crippen molar-refractivity contribution in [1.82, 2.24) is 5.32 Å². The molecule has 3 unspecified atom stereocenters. The van der Waals surface area contributed by atoms with Gasteiger partial charge in [0.05, 0.1) is 6.10 Å². The molecule has 106 valence electrons. The van der Waals surface area contributed by atoms with Gasteiger partial charge in [0.1, 0.15) is 0 Å². The van der Waals surface area contributed by atoms with Crippen LogP contribution in [0.15, 0.2) is 0 Å². The number of ether oxygens (including phenoxy) is 2. The molecule has 2 fully saturated rings. The fourth-order valence-corrected chi connectivity index (χ4v) is 3.49. The van der Waals surface area contributed by atoms with Crippen molar-refractivity contribution in [2.45, 2.75) is 45.6 Å². The van der Waals surface area contributed by atoms with E-state index >= 15 is 0 Å². The summed E-state index contributed by atoms with van der Waals surface area (Å²) in [7, 11) is 1.81. The Labute approximate surface area is 112 Å². The molecule has 1 saturated carbocycles. The average Bonchev–Trinajstić information content (AvgIpc) is 3.11. The predicted octanol–water partition coefficient (Wildman–Crippen LogP) is 2.45. The van der Waals surface area contributed by atoms with E-state index in [2.05, 4.69) is 19.2 Å². The van der Waals surface area contributed by atoms with E-state index in [4.69, 9.17) is 9.47 Å². The molecule has 0 bridgehead atoms. The highest BCUT2D eigenvalue weighted by atomic mass is 16.5. The van der Waals surface area contributed by atoms with E-state index in [1.807, 2.05) is 7.11 Å². The van der Waals surface area contributed by atoms with E-state index in [1.165, 1.54) is 25.7 Å². The molecule has 3 heteroatoms. The lowest BCUT2D eigenvalue weighted by molar-refractivity contribution is -0.0179. The van der Waals surface area contributed by atoms with Crippen LogP contribution in [0.4, 0.5) is 0 Å². The van der Waals surface area contributed by atoms with Gasteiger partial charge >= 0.3 is 0 Å². The van der Waals surface area contributed by atoms with Crippen molar-refractivity contribution in [3.05, 3.63) is 0 Å². The highest BCUT2D eigenvalue weighted by Crippen LogP contribution is 2.51. The molecule has 0 aromatic heterocycles. The minimum Gasteiger partial charge on any atom is -0.384 e. The largest absolute Gasteiger partial charge is 0.384 e. The smallest absolute Gasteiger partial charge is 0.0675 e. The molecule has 1 N–H and O–H groups in total. The molecule has 0 aromatic carbocycles. The molecule has 0 amide bonds. The predicted molar refractivity (Wildman–Crippen MR) is 73.7 cm³/mol. The van der Waals surface area contributed by atoms with Crippen LogP contribution < -0.4 is 5.32 Å². The summed E-state index contributed by atoms with van der Waals surface area (Å²) < 4.78 is 11.5. The van der Waals surface area contributed by atoms with Crippen molar-refractivity contribution < 1.29 is 9.47 Å². The summed E-state index contributed by atoms with van der Waals surface area (Å²) in [5.74, 6) is 1.38. The van der Waals surface area contributed by atoms with Crippen LogP contribution in [0.3, 0.4) is 0 Å². The van der Waals surface area contributed by atoms with Gasteiger partial charge in [-0.3, -0.25) is 0 Å². The maximum absolute atomic E-state index is 6.10. The third kappa shape index (κ3) is 2.89. The molecule has 0 radical (unpaired) electrons. The summed E-state index contributed by atoms with van der Waals surface area (Å²) in [6, 6.07) is 0. The molecule has 0 spiro atoms. The second-order valence-corrected chi connectivity index (χ2v) is 6.15. The van der Waals surface area contributed by atoms with Gasteiger partial charge in [0.25, 0.3) is 0 Å². The van der Waals surface area contributed by atoms with Crippen LogP contribution in [-0.4, -0.2) is 39.5 Å². The van der Waals surface area contributed by atoms with Crippen LogP contribution in [0.5, 0.6) is 0 Å². The van der Waals surface area contributed by atoms with Crippen molar-refractivity contribution in [2.24, 2.45) is 17.3 Å². The van der Waals surface area contributed by atoms with Gasteiger partial charge in [-0.05, 0) is 44.1 Å². The molecule has 0 aromatic rings.